The monoisotopic (exact) mass is 375 g/mol. The maximum atomic E-state index is 12.6. The van der Waals surface area contributed by atoms with Crippen molar-refractivity contribution < 1.29 is 19.1 Å². The Balaban J connectivity index is 1.76. The largest absolute Gasteiger partial charge is 0.496 e. The Kier molecular flexibility index (Phi) is 6.07. The van der Waals surface area contributed by atoms with Crippen molar-refractivity contribution in [1.82, 2.24) is 0 Å². The van der Waals surface area contributed by atoms with E-state index in [1.165, 1.54) is 12.0 Å². The fourth-order valence-electron chi connectivity index (χ4n) is 2.92. The fourth-order valence-corrected chi connectivity index (χ4v) is 2.92. The average molecular weight is 375 g/mol. The molecule has 3 aromatic carbocycles. The van der Waals surface area contributed by atoms with Crippen molar-refractivity contribution in [2.45, 2.75) is 0 Å². The van der Waals surface area contributed by atoms with E-state index in [2.05, 4.69) is 6.58 Å². The van der Waals surface area contributed by atoms with Gasteiger partial charge in [0.2, 0.25) is 0 Å². The highest BCUT2D eigenvalue weighted by Crippen LogP contribution is 2.26. The lowest BCUT2D eigenvalue weighted by molar-refractivity contribution is -0.121. The van der Waals surface area contributed by atoms with Crippen LogP contribution >= 0.6 is 0 Å². The maximum absolute atomic E-state index is 12.6. The van der Waals surface area contributed by atoms with Crippen LogP contribution in [0.2, 0.25) is 0 Å². The Bertz CT molecular complexity index is 998. The van der Waals surface area contributed by atoms with Gasteiger partial charge in [-0.05, 0) is 35.0 Å². The highest BCUT2D eigenvalue weighted by molar-refractivity contribution is 6.01. The summed E-state index contributed by atoms with van der Waals surface area (Å²) in [6.07, 6.45) is 1.62. The standard InChI is InChI=1S/C23H21NO4/c1-3-13-24(19-11-5-4-6-12-19)22(25)16-28-23(26)20-14-17-9-7-8-10-18(17)15-21(20)27-2/h3-12,14-15H,1,13,16H2,2H3. The van der Waals surface area contributed by atoms with E-state index in [4.69, 9.17) is 9.47 Å². The van der Waals surface area contributed by atoms with Gasteiger partial charge in [0.25, 0.3) is 5.91 Å². The number of para-hydroxylation sites is 1. The van der Waals surface area contributed by atoms with Gasteiger partial charge in [-0.15, -0.1) is 6.58 Å². The van der Waals surface area contributed by atoms with Crippen LogP contribution in [0, 0.1) is 0 Å². The Labute approximate surface area is 163 Å². The molecular weight excluding hydrogens is 354 g/mol. The predicted molar refractivity (Wildman–Crippen MR) is 110 cm³/mol. The number of hydrogen-bond donors (Lipinski definition) is 0. The van der Waals surface area contributed by atoms with Crippen molar-refractivity contribution in [1.29, 1.82) is 0 Å². The van der Waals surface area contributed by atoms with Crippen molar-refractivity contribution in [2.75, 3.05) is 25.2 Å². The molecule has 0 unspecified atom stereocenters. The van der Waals surface area contributed by atoms with Crippen LogP contribution in [-0.2, 0) is 9.53 Å². The summed E-state index contributed by atoms with van der Waals surface area (Å²) in [7, 11) is 1.49. The molecule has 0 radical (unpaired) electrons. The number of benzene rings is 3. The number of amides is 1. The summed E-state index contributed by atoms with van der Waals surface area (Å²) in [5.41, 5.74) is 0.996. The first-order valence-corrected chi connectivity index (χ1v) is 8.84. The summed E-state index contributed by atoms with van der Waals surface area (Å²) < 4.78 is 10.6. The molecule has 142 valence electrons. The van der Waals surface area contributed by atoms with E-state index in [1.807, 2.05) is 54.6 Å². The lowest BCUT2D eigenvalue weighted by Crippen LogP contribution is -2.34. The Morgan fingerprint density at radius 2 is 1.64 bits per heavy atom. The SMILES string of the molecule is C=CCN(C(=O)COC(=O)c1cc2ccccc2cc1OC)c1ccccc1. The van der Waals surface area contributed by atoms with E-state index in [9.17, 15) is 9.59 Å². The van der Waals surface area contributed by atoms with E-state index in [1.54, 1.807) is 18.2 Å². The van der Waals surface area contributed by atoms with Crippen LogP contribution in [0.25, 0.3) is 10.8 Å². The quantitative estimate of drug-likeness (QED) is 0.458. The van der Waals surface area contributed by atoms with Crippen LogP contribution in [-0.4, -0.2) is 32.1 Å². The van der Waals surface area contributed by atoms with Gasteiger partial charge in [0, 0.05) is 12.2 Å². The van der Waals surface area contributed by atoms with Crippen LogP contribution in [0.15, 0.2) is 79.4 Å². The lowest BCUT2D eigenvalue weighted by atomic mass is 10.1. The van der Waals surface area contributed by atoms with Crippen LogP contribution in [0.4, 0.5) is 5.69 Å². The van der Waals surface area contributed by atoms with Crippen LogP contribution in [0.1, 0.15) is 10.4 Å². The van der Waals surface area contributed by atoms with E-state index in [0.29, 0.717) is 18.0 Å². The molecule has 0 aliphatic heterocycles. The minimum atomic E-state index is -0.609. The zero-order valence-electron chi connectivity index (χ0n) is 15.6. The minimum Gasteiger partial charge on any atom is -0.496 e. The van der Waals surface area contributed by atoms with Crippen molar-refractivity contribution in [3.63, 3.8) is 0 Å². The molecular formula is C23H21NO4. The van der Waals surface area contributed by atoms with Gasteiger partial charge in [-0.25, -0.2) is 4.79 Å². The topological polar surface area (TPSA) is 55.8 Å². The molecule has 0 N–H and O–H groups in total. The average Bonchev–Trinajstić information content (AvgIpc) is 2.75. The van der Waals surface area contributed by atoms with Gasteiger partial charge in [-0.2, -0.15) is 0 Å². The number of ether oxygens (including phenoxy) is 2. The predicted octanol–water partition coefficient (Wildman–Crippen LogP) is 4.22. The van der Waals surface area contributed by atoms with E-state index >= 15 is 0 Å². The molecule has 0 spiro atoms. The normalized spacial score (nSPS) is 10.3. The number of hydrogen-bond acceptors (Lipinski definition) is 4. The first-order chi connectivity index (χ1) is 13.6. The van der Waals surface area contributed by atoms with Crippen molar-refractivity contribution in [2.24, 2.45) is 0 Å². The van der Waals surface area contributed by atoms with Gasteiger partial charge in [-0.3, -0.25) is 4.79 Å². The summed E-state index contributed by atoms with van der Waals surface area (Å²) in [6.45, 7) is 3.63. The van der Waals surface area contributed by atoms with Crippen molar-refractivity contribution in [3.05, 3.63) is 84.9 Å². The zero-order chi connectivity index (χ0) is 19.9. The summed E-state index contributed by atoms with van der Waals surface area (Å²) in [5, 5.41) is 1.84. The number of nitrogens with zero attached hydrogens (tertiary/aromatic N) is 1. The first-order valence-electron chi connectivity index (χ1n) is 8.84. The van der Waals surface area contributed by atoms with E-state index in [-0.39, 0.29) is 18.1 Å². The molecule has 5 nitrogen and oxygen atoms in total. The Morgan fingerprint density at radius 1 is 1.00 bits per heavy atom. The molecule has 0 fully saturated rings. The number of carbonyl (C=O) groups is 2. The number of rotatable bonds is 7. The third-order valence-corrected chi connectivity index (χ3v) is 4.30. The number of carbonyl (C=O) groups excluding carboxylic acids is 2. The van der Waals surface area contributed by atoms with Crippen LogP contribution in [0.5, 0.6) is 5.75 Å². The molecule has 3 rings (SSSR count). The molecule has 5 heteroatoms. The molecule has 3 aromatic rings. The second-order valence-corrected chi connectivity index (χ2v) is 6.10. The molecule has 0 bridgehead atoms. The Morgan fingerprint density at radius 3 is 2.29 bits per heavy atom. The molecule has 0 aromatic heterocycles. The summed E-state index contributed by atoms with van der Waals surface area (Å²) in [6, 6.07) is 20.3. The highest BCUT2D eigenvalue weighted by atomic mass is 16.5. The molecule has 0 aliphatic carbocycles. The zero-order valence-corrected chi connectivity index (χ0v) is 15.6. The van der Waals surface area contributed by atoms with E-state index in [0.717, 1.165) is 10.8 Å². The lowest BCUT2D eigenvalue weighted by Gasteiger charge is -2.21. The van der Waals surface area contributed by atoms with Crippen LogP contribution in [0.3, 0.4) is 0 Å². The molecule has 0 saturated heterocycles. The first kappa shape index (κ1) is 19.2. The van der Waals surface area contributed by atoms with Crippen molar-refractivity contribution in [3.8, 4) is 5.75 Å². The van der Waals surface area contributed by atoms with Gasteiger partial charge in [0.15, 0.2) is 6.61 Å². The molecule has 28 heavy (non-hydrogen) atoms. The van der Waals surface area contributed by atoms with Gasteiger partial charge >= 0.3 is 5.97 Å². The number of fused-ring (bicyclic) bond motifs is 1. The van der Waals surface area contributed by atoms with Gasteiger partial charge in [0.1, 0.15) is 11.3 Å². The fraction of sp³-hybridized carbons (Fsp3) is 0.130. The minimum absolute atomic E-state index is 0.281. The summed E-state index contributed by atoms with van der Waals surface area (Å²) in [5.74, 6) is -0.538. The van der Waals surface area contributed by atoms with Crippen LogP contribution < -0.4 is 9.64 Å². The molecule has 1 amide bonds. The number of esters is 1. The third-order valence-electron chi connectivity index (χ3n) is 4.30. The summed E-state index contributed by atoms with van der Waals surface area (Å²) in [4.78, 5) is 26.7. The Hall–Kier alpha value is -3.60. The van der Waals surface area contributed by atoms with Gasteiger partial charge in [-0.1, -0.05) is 48.5 Å². The maximum Gasteiger partial charge on any atom is 0.342 e. The van der Waals surface area contributed by atoms with Gasteiger partial charge in [0.05, 0.1) is 7.11 Å². The molecule has 0 aliphatic rings. The molecule has 0 atom stereocenters. The smallest absolute Gasteiger partial charge is 0.342 e. The van der Waals surface area contributed by atoms with Crippen molar-refractivity contribution >= 4 is 28.3 Å². The second-order valence-electron chi connectivity index (χ2n) is 6.10. The molecule has 0 heterocycles. The second kappa shape index (κ2) is 8.86. The molecule has 0 saturated carbocycles. The van der Waals surface area contributed by atoms with E-state index < -0.39 is 5.97 Å². The number of methoxy groups -OCH3 is 1. The highest BCUT2D eigenvalue weighted by Gasteiger charge is 2.19. The third kappa shape index (κ3) is 4.20. The summed E-state index contributed by atoms with van der Waals surface area (Å²) >= 11 is 0. The van der Waals surface area contributed by atoms with Gasteiger partial charge < -0.3 is 14.4 Å². The number of anilines is 1.